The van der Waals surface area contributed by atoms with Crippen LogP contribution >= 0.6 is 0 Å². The Bertz CT molecular complexity index is 782. The number of likely N-dealkylation sites (N-methyl/N-ethyl adjacent to an activating group) is 1. The third kappa shape index (κ3) is 3.61. The maximum atomic E-state index is 13.0. The second-order valence-corrected chi connectivity index (χ2v) is 7.54. The fraction of sp³-hybridized carbons (Fsp3) is 0.438. The number of aromatic nitrogens is 2. The first-order valence-corrected chi connectivity index (χ1v) is 8.96. The number of nitrogens with zero attached hydrogens (tertiary/aromatic N) is 3. The predicted octanol–water partition coefficient (Wildman–Crippen LogP) is 2.52. The maximum absolute atomic E-state index is 13.0. The minimum Gasteiger partial charge on any atom is -0.270 e. The Hall–Kier alpha value is -1.73. The number of hydrogen-bond donors (Lipinski definition) is 0. The highest BCUT2D eigenvalue weighted by Gasteiger charge is 2.21. The van der Waals surface area contributed by atoms with Crippen LogP contribution in [-0.4, -0.2) is 36.1 Å². The van der Waals surface area contributed by atoms with Gasteiger partial charge in [-0.1, -0.05) is 0 Å². The van der Waals surface area contributed by atoms with Crippen LogP contribution in [0.3, 0.4) is 0 Å². The van der Waals surface area contributed by atoms with Crippen LogP contribution < -0.4 is 0 Å². The second-order valence-electron chi connectivity index (χ2n) is 5.50. The lowest BCUT2D eigenvalue weighted by atomic mass is 10.1. The molecule has 0 atom stereocenters. The molecule has 0 spiro atoms. The quantitative estimate of drug-likeness (QED) is 0.813. The Morgan fingerprint density at radius 1 is 1.22 bits per heavy atom. The van der Waals surface area contributed by atoms with Crippen LogP contribution in [0.15, 0.2) is 29.2 Å². The highest BCUT2D eigenvalue weighted by Crippen LogP contribution is 2.18. The number of sulfonamides is 1. The van der Waals surface area contributed by atoms with Gasteiger partial charge in [0.1, 0.15) is 5.82 Å². The minimum absolute atomic E-state index is 0.0964. The van der Waals surface area contributed by atoms with Crippen molar-refractivity contribution in [3.8, 4) is 0 Å². The van der Waals surface area contributed by atoms with Gasteiger partial charge in [-0.25, -0.2) is 17.1 Å². The molecular formula is C16H22FN3O2S. The molecule has 0 radical (unpaired) electrons. The zero-order valence-electron chi connectivity index (χ0n) is 13.9. The van der Waals surface area contributed by atoms with E-state index >= 15 is 0 Å². The molecule has 0 N–H and O–H groups in total. The number of rotatable bonds is 6. The van der Waals surface area contributed by atoms with Crippen LogP contribution in [0, 0.1) is 19.7 Å². The molecule has 5 nitrogen and oxygen atoms in total. The molecule has 0 fully saturated rings. The largest absolute Gasteiger partial charge is 0.270 e. The lowest BCUT2D eigenvalue weighted by Gasteiger charge is -2.17. The molecule has 7 heteroatoms. The first-order valence-electron chi connectivity index (χ1n) is 7.52. The Morgan fingerprint density at radius 2 is 1.83 bits per heavy atom. The summed E-state index contributed by atoms with van der Waals surface area (Å²) in [6.07, 6.45) is 0.592. The fourth-order valence-electron chi connectivity index (χ4n) is 2.58. The molecule has 23 heavy (non-hydrogen) atoms. The predicted molar refractivity (Wildman–Crippen MR) is 87.3 cm³/mol. The molecule has 1 aromatic carbocycles. The van der Waals surface area contributed by atoms with Crippen molar-refractivity contribution in [1.82, 2.24) is 14.1 Å². The van der Waals surface area contributed by atoms with Crippen LogP contribution in [-0.2, 0) is 23.0 Å². The van der Waals surface area contributed by atoms with Crippen molar-refractivity contribution in [3.63, 3.8) is 0 Å². The summed E-state index contributed by atoms with van der Waals surface area (Å²) in [4.78, 5) is 0.0964. The summed E-state index contributed by atoms with van der Waals surface area (Å²) in [5.74, 6) is -0.454. The van der Waals surface area contributed by atoms with Crippen LogP contribution in [0.5, 0.6) is 0 Å². The van der Waals surface area contributed by atoms with Gasteiger partial charge in [0.25, 0.3) is 0 Å². The molecule has 1 heterocycles. The molecule has 0 amide bonds. The molecule has 2 rings (SSSR count). The molecule has 126 valence electrons. The van der Waals surface area contributed by atoms with Gasteiger partial charge in [-0.15, -0.1) is 0 Å². The Balaban J connectivity index is 2.14. The lowest BCUT2D eigenvalue weighted by molar-refractivity contribution is 0.471. The van der Waals surface area contributed by atoms with Gasteiger partial charge < -0.3 is 0 Å². The van der Waals surface area contributed by atoms with Crippen LogP contribution in [0.2, 0.25) is 0 Å². The number of aryl methyl sites for hydroxylation is 2. The first-order chi connectivity index (χ1) is 10.8. The van der Waals surface area contributed by atoms with E-state index in [0.29, 0.717) is 13.0 Å². The Kier molecular flexibility index (Phi) is 5.21. The van der Waals surface area contributed by atoms with E-state index < -0.39 is 15.8 Å². The minimum atomic E-state index is -3.61. The van der Waals surface area contributed by atoms with Gasteiger partial charge in [0.15, 0.2) is 0 Å². The molecular weight excluding hydrogens is 317 g/mol. The normalized spacial score (nSPS) is 12.1. The van der Waals surface area contributed by atoms with Crippen LogP contribution in [0.1, 0.15) is 23.9 Å². The average molecular weight is 339 g/mol. The van der Waals surface area contributed by atoms with E-state index in [9.17, 15) is 12.8 Å². The van der Waals surface area contributed by atoms with Gasteiger partial charge >= 0.3 is 0 Å². The van der Waals surface area contributed by atoms with E-state index in [1.807, 2.05) is 25.5 Å². The third-order valence-corrected chi connectivity index (χ3v) is 5.90. The maximum Gasteiger partial charge on any atom is 0.242 e. The van der Waals surface area contributed by atoms with E-state index in [4.69, 9.17) is 0 Å². The van der Waals surface area contributed by atoms with Crippen molar-refractivity contribution < 1.29 is 12.8 Å². The molecule has 2 aromatic rings. The lowest BCUT2D eigenvalue weighted by Crippen LogP contribution is -2.29. The second kappa shape index (κ2) is 6.80. The summed E-state index contributed by atoms with van der Waals surface area (Å²) in [5, 5.41) is 4.44. The third-order valence-electron chi connectivity index (χ3n) is 4.03. The first kappa shape index (κ1) is 17.6. The SMILES string of the molecule is CCn1nc(C)c(CCN(C)S(=O)(=O)c2ccc(F)cc2)c1C. The van der Waals surface area contributed by atoms with E-state index in [2.05, 4.69) is 5.10 Å². The molecule has 0 unspecified atom stereocenters. The zero-order chi connectivity index (χ0) is 17.2. The summed E-state index contributed by atoms with van der Waals surface area (Å²) < 4.78 is 41.1. The monoisotopic (exact) mass is 339 g/mol. The molecule has 1 aromatic heterocycles. The fourth-order valence-corrected chi connectivity index (χ4v) is 3.75. The van der Waals surface area contributed by atoms with Crippen molar-refractivity contribution in [3.05, 3.63) is 47.0 Å². The van der Waals surface area contributed by atoms with Gasteiger partial charge in [0, 0.05) is 25.8 Å². The Labute approximate surface area is 136 Å². The van der Waals surface area contributed by atoms with E-state index in [0.717, 1.165) is 35.6 Å². The van der Waals surface area contributed by atoms with Crippen molar-refractivity contribution in [2.24, 2.45) is 0 Å². The van der Waals surface area contributed by atoms with Crippen molar-refractivity contribution in [2.75, 3.05) is 13.6 Å². The molecule has 0 aliphatic rings. The number of halogens is 1. The average Bonchev–Trinajstić information content (AvgIpc) is 2.79. The Morgan fingerprint density at radius 3 is 2.35 bits per heavy atom. The summed E-state index contributed by atoms with van der Waals surface area (Å²) in [6.45, 7) is 7.08. The van der Waals surface area contributed by atoms with Gasteiger partial charge in [0.05, 0.1) is 10.6 Å². The van der Waals surface area contributed by atoms with Crippen molar-refractivity contribution >= 4 is 10.0 Å². The van der Waals surface area contributed by atoms with Gasteiger partial charge in [-0.2, -0.15) is 5.10 Å². The summed E-state index contributed by atoms with van der Waals surface area (Å²) in [7, 11) is -2.08. The molecule has 0 aliphatic heterocycles. The van der Waals surface area contributed by atoms with Crippen LogP contribution in [0.4, 0.5) is 4.39 Å². The van der Waals surface area contributed by atoms with Crippen molar-refractivity contribution in [2.45, 2.75) is 38.6 Å². The smallest absolute Gasteiger partial charge is 0.242 e. The van der Waals surface area contributed by atoms with Gasteiger partial charge in [-0.05, 0) is 57.0 Å². The van der Waals surface area contributed by atoms with Crippen LogP contribution in [0.25, 0.3) is 0 Å². The number of hydrogen-bond acceptors (Lipinski definition) is 3. The molecule has 0 saturated carbocycles. The molecule has 0 bridgehead atoms. The van der Waals surface area contributed by atoms with E-state index in [1.165, 1.54) is 23.5 Å². The van der Waals surface area contributed by atoms with Gasteiger partial charge in [0.2, 0.25) is 10.0 Å². The molecule has 0 saturated heterocycles. The topological polar surface area (TPSA) is 55.2 Å². The van der Waals surface area contributed by atoms with Crippen molar-refractivity contribution in [1.29, 1.82) is 0 Å². The molecule has 0 aliphatic carbocycles. The summed E-state index contributed by atoms with van der Waals surface area (Å²) in [5.41, 5.74) is 3.07. The van der Waals surface area contributed by atoms with E-state index in [-0.39, 0.29) is 4.90 Å². The zero-order valence-corrected chi connectivity index (χ0v) is 14.7. The van der Waals surface area contributed by atoms with E-state index in [1.54, 1.807) is 0 Å². The standard InChI is InChI=1S/C16H22FN3O2S/c1-5-20-13(3)16(12(2)18-20)10-11-19(4)23(21,22)15-8-6-14(17)7-9-15/h6-9H,5,10-11H2,1-4H3. The number of benzene rings is 1. The summed E-state index contributed by atoms with van der Waals surface area (Å²) >= 11 is 0. The highest BCUT2D eigenvalue weighted by atomic mass is 32.2. The highest BCUT2D eigenvalue weighted by molar-refractivity contribution is 7.89. The van der Waals surface area contributed by atoms with Gasteiger partial charge in [-0.3, -0.25) is 4.68 Å². The summed E-state index contributed by atoms with van der Waals surface area (Å²) in [6, 6.07) is 4.88.